The van der Waals surface area contributed by atoms with Gasteiger partial charge in [0.2, 0.25) is 0 Å². The fourth-order valence-electron chi connectivity index (χ4n) is 1.08. The number of hydrogen-bond donors (Lipinski definition) is 0. The van der Waals surface area contributed by atoms with Crippen LogP contribution in [0.1, 0.15) is 13.8 Å². The van der Waals surface area contributed by atoms with Crippen molar-refractivity contribution in [2.75, 3.05) is 40.8 Å². The fourth-order valence-corrected chi connectivity index (χ4v) is 1.08. The van der Waals surface area contributed by atoms with Crippen LogP contribution < -0.4 is 0 Å². The predicted octanol–water partition coefficient (Wildman–Crippen LogP) is 0.958. The molecule has 0 fully saturated rings. The molecule has 5 heteroatoms. The molecule has 0 atom stereocenters. The van der Waals surface area contributed by atoms with Crippen LogP contribution in [0.3, 0.4) is 0 Å². The quantitative estimate of drug-likeness (QED) is 0.605. The zero-order valence-electron chi connectivity index (χ0n) is 9.45. The van der Waals surface area contributed by atoms with E-state index in [0.717, 1.165) is 0 Å². The lowest BCUT2D eigenvalue weighted by molar-refractivity contribution is 0.0388. The second kappa shape index (κ2) is 7.58. The first-order valence-corrected chi connectivity index (χ1v) is 4.72. The molecule has 0 bridgehead atoms. The minimum atomic E-state index is -0.0568. The molecule has 0 aliphatic rings. The zero-order chi connectivity index (χ0) is 11.0. The largest absolute Gasteiger partial charge is 0.364 e. The molecule has 14 heavy (non-hydrogen) atoms. The zero-order valence-corrected chi connectivity index (χ0v) is 9.45. The van der Waals surface area contributed by atoms with Crippen LogP contribution in [-0.2, 0) is 9.47 Å². The normalized spacial score (nSPS) is 10.0. The number of nitrogens with zero attached hydrogens (tertiary/aromatic N) is 2. The van der Waals surface area contributed by atoms with Gasteiger partial charge < -0.3 is 19.3 Å². The average Bonchev–Trinajstić information content (AvgIpc) is 2.21. The molecule has 0 saturated carbocycles. The fraction of sp³-hybridized carbons (Fsp3) is 0.889. The monoisotopic (exact) mass is 204 g/mol. The van der Waals surface area contributed by atoms with E-state index >= 15 is 0 Å². The van der Waals surface area contributed by atoms with Gasteiger partial charge in [0.15, 0.2) is 0 Å². The van der Waals surface area contributed by atoms with Crippen molar-refractivity contribution < 1.29 is 14.3 Å². The molecular weight excluding hydrogens is 184 g/mol. The Balaban J connectivity index is 4.21. The van der Waals surface area contributed by atoms with Crippen LogP contribution in [-0.4, -0.2) is 56.6 Å². The molecule has 0 heterocycles. The lowest BCUT2D eigenvalue weighted by Crippen LogP contribution is -2.44. The van der Waals surface area contributed by atoms with E-state index in [1.54, 1.807) is 24.0 Å². The summed E-state index contributed by atoms with van der Waals surface area (Å²) in [7, 11) is 3.14. The molecule has 0 spiro atoms. The molecule has 0 radical (unpaired) electrons. The second-order valence-corrected chi connectivity index (χ2v) is 2.83. The molecule has 84 valence electrons. The topological polar surface area (TPSA) is 42.0 Å². The van der Waals surface area contributed by atoms with Crippen molar-refractivity contribution in [3.05, 3.63) is 0 Å². The summed E-state index contributed by atoms with van der Waals surface area (Å²) < 4.78 is 9.85. The van der Waals surface area contributed by atoms with Crippen molar-refractivity contribution >= 4 is 6.03 Å². The molecule has 0 saturated heterocycles. The predicted molar refractivity (Wildman–Crippen MR) is 53.9 cm³/mol. The van der Waals surface area contributed by atoms with E-state index in [4.69, 9.17) is 9.47 Å². The van der Waals surface area contributed by atoms with Crippen molar-refractivity contribution in [2.24, 2.45) is 0 Å². The Labute approximate surface area is 85.6 Å². The molecule has 0 rings (SSSR count). The third kappa shape index (κ3) is 3.93. The van der Waals surface area contributed by atoms with Gasteiger partial charge in [-0.3, -0.25) is 0 Å². The van der Waals surface area contributed by atoms with Crippen LogP contribution in [0.5, 0.6) is 0 Å². The Bertz CT molecular complexity index is 148. The highest BCUT2D eigenvalue weighted by Gasteiger charge is 2.17. The summed E-state index contributed by atoms with van der Waals surface area (Å²) in [6.07, 6.45) is 0. The van der Waals surface area contributed by atoms with E-state index in [-0.39, 0.29) is 6.03 Å². The molecule has 0 unspecified atom stereocenters. The van der Waals surface area contributed by atoms with Crippen LogP contribution in [0.2, 0.25) is 0 Å². The second-order valence-electron chi connectivity index (χ2n) is 2.83. The van der Waals surface area contributed by atoms with Crippen molar-refractivity contribution in [2.45, 2.75) is 13.8 Å². The Morgan fingerprint density at radius 1 is 1.00 bits per heavy atom. The van der Waals surface area contributed by atoms with Crippen LogP contribution in [0, 0.1) is 0 Å². The number of amides is 2. The first-order valence-electron chi connectivity index (χ1n) is 4.72. The smallest absolute Gasteiger partial charge is 0.323 e. The van der Waals surface area contributed by atoms with E-state index < -0.39 is 0 Å². The van der Waals surface area contributed by atoms with Gasteiger partial charge in [-0.2, -0.15) is 0 Å². The van der Waals surface area contributed by atoms with Gasteiger partial charge in [-0.1, -0.05) is 0 Å². The molecule has 0 aliphatic heterocycles. The maximum Gasteiger partial charge on any atom is 0.323 e. The van der Waals surface area contributed by atoms with Gasteiger partial charge in [0.05, 0.1) is 0 Å². The van der Waals surface area contributed by atoms with Crippen molar-refractivity contribution in [3.63, 3.8) is 0 Å². The number of hydrogen-bond acceptors (Lipinski definition) is 3. The highest BCUT2D eigenvalue weighted by atomic mass is 16.5. The van der Waals surface area contributed by atoms with Crippen molar-refractivity contribution in [1.29, 1.82) is 0 Å². The van der Waals surface area contributed by atoms with Gasteiger partial charge >= 0.3 is 6.03 Å². The summed E-state index contributed by atoms with van der Waals surface area (Å²) in [5.74, 6) is 0. The first kappa shape index (κ1) is 13.2. The standard InChI is InChI=1S/C9H20N2O3/c1-5-10(7-13-3)9(12)11(6-2)8-14-4/h5-8H2,1-4H3. The minimum Gasteiger partial charge on any atom is -0.364 e. The van der Waals surface area contributed by atoms with Gasteiger partial charge in [0, 0.05) is 27.3 Å². The van der Waals surface area contributed by atoms with Crippen LogP contribution in [0.15, 0.2) is 0 Å². The number of carbonyl (C=O) groups excluding carboxylic acids is 1. The van der Waals surface area contributed by atoms with E-state index in [1.165, 1.54) is 0 Å². The summed E-state index contributed by atoms with van der Waals surface area (Å²) >= 11 is 0. The van der Waals surface area contributed by atoms with Crippen LogP contribution in [0.4, 0.5) is 4.79 Å². The number of methoxy groups -OCH3 is 2. The van der Waals surface area contributed by atoms with Gasteiger partial charge in [-0.05, 0) is 13.8 Å². The van der Waals surface area contributed by atoms with Gasteiger partial charge in [0.1, 0.15) is 13.5 Å². The molecule has 0 aliphatic carbocycles. The van der Waals surface area contributed by atoms with Crippen LogP contribution in [0.25, 0.3) is 0 Å². The summed E-state index contributed by atoms with van der Waals surface area (Å²) in [5.41, 5.74) is 0. The van der Waals surface area contributed by atoms with Crippen molar-refractivity contribution in [3.8, 4) is 0 Å². The third-order valence-corrected chi connectivity index (χ3v) is 1.87. The lowest BCUT2D eigenvalue weighted by Gasteiger charge is -2.27. The van der Waals surface area contributed by atoms with E-state index in [1.807, 2.05) is 13.8 Å². The average molecular weight is 204 g/mol. The summed E-state index contributed by atoms with van der Waals surface area (Å²) in [6.45, 7) is 5.72. The molecule has 0 aromatic rings. The maximum absolute atomic E-state index is 11.8. The van der Waals surface area contributed by atoms with Crippen molar-refractivity contribution in [1.82, 2.24) is 9.80 Å². The molecule has 0 aromatic carbocycles. The Hall–Kier alpha value is -0.810. The molecule has 0 N–H and O–H groups in total. The number of urea groups is 1. The lowest BCUT2D eigenvalue weighted by atomic mass is 10.5. The number of rotatable bonds is 6. The Morgan fingerprint density at radius 3 is 1.57 bits per heavy atom. The minimum absolute atomic E-state index is 0.0568. The highest BCUT2D eigenvalue weighted by Crippen LogP contribution is 1.99. The SMILES string of the molecule is CCN(COC)C(=O)N(CC)COC. The Kier molecular flexibility index (Phi) is 7.14. The number of ether oxygens (including phenoxy) is 2. The maximum atomic E-state index is 11.8. The van der Waals surface area contributed by atoms with Gasteiger partial charge in [0.25, 0.3) is 0 Å². The number of carbonyl (C=O) groups is 1. The highest BCUT2D eigenvalue weighted by molar-refractivity contribution is 5.74. The first-order chi connectivity index (χ1) is 6.71. The molecule has 0 aromatic heterocycles. The van der Waals surface area contributed by atoms with Gasteiger partial charge in [-0.25, -0.2) is 4.79 Å². The van der Waals surface area contributed by atoms with Gasteiger partial charge in [-0.15, -0.1) is 0 Å². The van der Waals surface area contributed by atoms with E-state index in [0.29, 0.717) is 26.6 Å². The van der Waals surface area contributed by atoms with Crippen LogP contribution >= 0.6 is 0 Å². The Morgan fingerprint density at radius 2 is 1.36 bits per heavy atom. The van der Waals surface area contributed by atoms with E-state index in [9.17, 15) is 4.79 Å². The third-order valence-electron chi connectivity index (χ3n) is 1.87. The molecular formula is C9H20N2O3. The summed E-state index contributed by atoms with van der Waals surface area (Å²) in [4.78, 5) is 15.0. The van der Waals surface area contributed by atoms with E-state index in [2.05, 4.69) is 0 Å². The molecule has 2 amide bonds. The molecule has 5 nitrogen and oxygen atoms in total. The summed E-state index contributed by atoms with van der Waals surface area (Å²) in [5, 5.41) is 0. The summed E-state index contributed by atoms with van der Waals surface area (Å²) in [6, 6.07) is -0.0568.